The predicted molar refractivity (Wildman–Crippen MR) is 71.5 cm³/mol. The summed E-state index contributed by atoms with van der Waals surface area (Å²) in [5.74, 6) is 8.41. The SMILES string of the molecule is C[S+]1CCC(C2CC[S+](C)CC2)CC1. The van der Waals surface area contributed by atoms with Crippen LogP contribution < -0.4 is 0 Å². The summed E-state index contributed by atoms with van der Waals surface area (Å²) >= 11 is 0. The zero-order valence-corrected chi connectivity index (χ0v) is 11.3. The van der Waals surface area contributed by atoms with Gasteiger partial charge < -0.3 is 0 Å². The summed E-state index contributed by atoms with van der Waals surface area (Å²) in [6.07, 6.45) is 11.1. The topological polar surface area (TPSA) is 0 Å². The average Bonchev–Trinajstić information content (AvgIpc) is 2.21. The van der Waals surface area contributed by atoms with E-state index >= 15 is 0 Å². The second kappa shape index (κ2) is 5.16. The molecule has 2 fully saturated rings. The molecule has 0 radical (unpaired) electrons. The van der Waals surface area contributed by atoms with Crippen LogP contribution in [0.1, 0.15) is 25.7 Å². The zero-order valence-electron chi connectivity index (χ0n) is 9.63. The van der Waals surface area contributed by atoms with Crippen molar-refractivity contribution in [3.05, 3.63) is 0 Å². The molecule has 82 valence electrons. The quantitative estimate of drug-likeness (QED) is 0.609. The molecule has 0 bridgehead atoms. The lowest BCUT2D eigenvalue weighted by molar-refractivity contribution is 0.292. The summed E-state index contributed by atoms with van der Waals surface area (Å²) in [5.41, 5.74) is 0. The number of hydrogen-bond acceptors (Lipinski definition) is 0. The fourth-order valence-corrected chi connectivity index (χ4v) is 6.07. The van der Waals surface area contributed by atoms with Gasteiger partial charge in [0.25, 0.3) is 0 Å². The Morgan fingerprint density at radius 1 is 0.643 bits per heavy atom. The lowest BCUT2D eigenvalue weighted by Crippen LogP contribution is -2.32. The standard InChI is InChI=1S/C12H24S2/c1-13-7-3-11(4-8-13)12-5-9-14(2)10-6-12/h11-12H,3-10H2,1-2H3/q+2. The van der Waals surface area contributed by atoms with Gasteiger partial charge in [-0.15, -0.1) is 0 Å². The van der Waals surface area contributed by atoms with E-state index in [-0.39, 0.29) is 0 Å². The van der Waals surface area contributed by atoms with Crippen LogP contribution in [0.4, 0.5) is 0 Å². The van der Waals surface area contributed by atoms with E-state index in [1.807, 2.05) is 0 Å². The summed E-state index contributed by atoms with van der Waals surface area (Å²) in [6, 6.07) is 0. The molecule has 0 unspecified atom stereocenters. The molecule has 0 N–H and O–H groups in total. The molecule has 2 heterocycles. The van der Waals surface area contributed by atoms with E-state index in [0.717, 1.165) is 33.6 Å². The molecule has 2 rings (SSSR count). The van der Waals surface area contributed by atoms with Gasteiger partial charge in [0.1, 0.15) is 23.0 Å². The molecule has 0 atom stereocenters. The van der Waals surface area contributed by atoms with E-state index in [0.29, 0.717) is 0 Å². The van der Waals surface area contributed by atoms with E-state index in [1.54, 1.807) is 48.7 Å². The van der Waals surface area contributed by atoms with Crippen molar-refractivity contribution < 1.29 is 0 Å². The number of rotatable bonds is 1. The van der Waals surface area contributed by atoms with Crippen molar-refractivity contribution in [2.75, 3.05) is 35.5 Å². The fourth-order valence-electron chi connectivity index (χ4n) is 2.85. The first-order valence-electron chi connectivity index (χ1n) is 5.94. The highest BCUT2D eigenvalue weighted by molar-refractivity contribution is 7.96. The molecular weight excluding hydrogens is 208 g/mol. The second-order valence-corrected chi connectivity index (χ2v) is 9.81. The Bertz CT molecular complexity index is 145. The smallest absolute Gasteiger partial charge is 0.0293 e. The molecule has 0 nitrogen and oxygen atoms in total. The highest BCUT2D eigenvalue weighted by Crippen LogP contribution is 2.33. The first-order valence-corrected chi connectivity index (χ1v) is 9.88. The van der Waals surface area contributed by atoms with Gasteiger partial charge in [0, 0.05) is 0 Å². The molecule has 0 spiro atoms. The Labute approximate surface area is 94.9 Å². The fraction of sp³-hybridized carbons (Fsp3) is 1.00. The van der Waals surface area contributed by atoms with Crippen LogP contribution in [-0.2, 0) is 21.8 Å². The van der Waals surface area contributed by atoms with Gasteiger partial charge in [-0.3, -0.25) is 0 Å². The Balaban J connectivity index is 1.78. The maximum absolute atomic E-state index is 2.46. The van der Waals surface area contributed by atoms with Crippen LogP contribution in [-0.4, -0.2) is 35.5 Å². The van der Waals surface area contributed by atoms with Gasteiger partial charge in [-0.05, 0) is 59.3 Å². The molecule has 0 aromatic rings. The molecule has 0 amide bonds. The monoisotopic (exact) mass is 232 g/mol. The maximum atomic E-state index is 2.46. The lowest BCUT2D eigenvalue weighted by atomic mass is 9.83. The van der Waals surface area contributed by atoms with Gasteiger partial charge in [-0.2, -0.15) is 0 Å². The van der Waals surface area contributed by atoms with Gasteiger partial charge in [-0.1, -0.05) is 0 Å². The molecule has 0 aromatic carbocycles. The van der Waals surface area contributed by atoms with Crippen LogP contribution in [0.5, 0.6) is 0 Å². The van der Waals surface area contributed by atoms with E-state index in [9.17, 15) is 0 Å². The van der Waals surface area contributed by atoms with Crippen LogP contribution >= 0.6 is 0 Å². The zero-order chi connectivity index (χ0) is 9.97. The van der Waals surface area contributed by atoms with E-state index < -0.39 is 0 Å². The lowest BCUT2D eigenvalue weighted by Gasteiger charge is -2.31. The maximum Gasteiger partial charge on any atom is 0.108 e. The minimum atomic E-state index is 0.779. The average molecular weight is 232 g/mol. The van der Waals surface area contributed by atoms with Crippen molar-refractivity contribution in [3.8, 4) is 0 Å². The Kier molecular flexibility index (Phi) is 4.12. The predicted octanol–water partition coefficient (Wildman–Crippen LogP) is 2.30. The third kappa shape index (κ3) is 2.85. The largest absolute Gasteiger partial charge is 0.108 e. The van der Waals surface area contributed by atoms with Gasteiger partial charge >= 0.3 is 0 Å². The van der Waals surface area contributed by atoms with Crippen molar-refractivity contribution >= 4 is 21.8 Å². The summed E-state index contributed by atoms with van der Waals surface area (Å²) in [7, 11) is 1.56. The van der Waals surface area contributed by atoms with Gasteiger partial charge in [0.15, 0.2) is 0 Å². The highest BCUT2D eigenvalue weighted by Gasteiger charge is 2.34. The third-order valence-corrected chi connectivity index (χ3v) is 7.75. The molecule has 0 aliphatic carbocycles. The first-order chi connectivity index (χ1) is 6.75. The van der Waals surface area contributed by atoms with Crippen molar-refractivity contribution in [1.82, 2.24) is 0 Å². The molecule has 2 saturated heterocycles. The van der Waals surface area contributed by atoms with Crippen LogP contribution in [0.3, 0.4) is 0 Å². The summed E-state index contributed by atoms with van der Waals surface area (Å²) in [5, 5.41) is 0. The van der Waals surface area contributed by atoms with Crippen molar-refractivity contribution in [2.24, 2.45) is 11.8 Å². The van der Waals surface area contributed by atoms with Gasteiger partial charge in [-0.25, -0.2) is 0 Å². The minimum Gasteiger partial charge on any atom is -0.0293 e. The van der Waals surface area contributed by atoms with Crippen LogP contribution in [0.25, 0.3) is 0 Å². The van der Waals surface area contributed by atoms with Gasteiger partial charge in [0.05, 0.1) is 12.5 Å². The normalized spacial score (nSPS) is 45.0. The Morgan fingerprint density at radius 3 is 1.21 bits per heavy atom. The molecule has 14 heavy (non-hydrogen) atoms. The van der Waals surface area contributed by atoms with E-state index in [2.05, 4.69) is 12.5 Å². The van der Waals surface area contributed by atoms with E-state index in [1.165, 1.54) is 0 Å². The number of hydrogen-bond donors (Lipinski definition) is 0. The summed E-state index contributed by atoms with van der Waals surface area (Å²) in [6.45, 7) is 0. The Morgan fingerprint density at radius 2 is 0.929 bits per heavy atom. The third-order valence-electron chi connectivity index (χ3n) is 4.02. The minimum absolute atomic E-state index is 0.779. The molecule has 2 aliphatic heterocycles. The molecule has 2 aliphatic rings. The summed E-state index contributed by atoms with van der Waals surface area (Å²) < 4.78 is 0. The van der Waals surface area contributed by atoms with Crippen LogP contribution in [0.15, 0.2) is 0 Å². The molecular formula is C12H24S2+2. The van der Waals surface area contributed by atoms with Crippen molar-refractivity contribution in [3.63, 3.8) is 0 Å². The summed E-state index contributed by atoms with van der Waals surface area (Å²) in [4.78, 5) is 0. The first kappa shape index (κ1) is 11.2. The van der Waals surface area contributed by atoms with Crippen LogP contribution in [0, 0.1) is 11.8 Å². The Hall–Kier alpha value is 0.700. The molecule has 0 aromatic heterocycles. The van der Waals surface area contributed by atoms with Gasteiger partial charge in [0.2, 0.25) is 0 Å². The van der Waals surface area contributed by atoms with Crippen molar-refractivity contribution in [2.45, 2.75) is 25.7 Å². The molecule has 2 heteroatoms. The van der Waals surface area contributed by atoms with Crippen LogP contribution in [0.2, 0.25) is 0 Å². The second-order valence-electron chi connectivity index (χ2n) is 5.05. The molecule has 0 saturated carbocycles. The van der Waals surface area contributed by atoms with Crippen molar-refractivity contribution in [1.29, 1.82) is 0 Å². The van der Waals surface area contributed by atoms with E-state index in [4.69, 9.17) is 0 Å². The highest BCUT2D eigenvalue weighted by atomic mass is 32.2.